The Labute approximate surface area is 155 Å². The second-order valence-electron chi connectivity index (χ2n) is 5.57. The van der Waals surface area contributed by atoms with Gasteiger partial charge in [-0.05, 0) is 41.8 Å². The van der Waals surface area contributed by atoms with Crippen LogP contribution in [-0.4, -0.2) is 37.6 Å². The molecule has 2 aromatic carbocycles. The Hall–Kier alpha value is -1.83. The number of methoxy groups -OCH3 is 1. The van der Waals surface area contributed by atoms with E-state index in [9.17, 15) is 9.90 Å². The monoisotopic (exact) mass is 411 g/mol. The summed E-state index contributed by atoms with van der Waals surface area (Å²) in [6.07, 6.45) is 0.0274. The van der Waals surface area contributed by atoms with Gasteiger partial charge < -0.3 is 25.1 Å². The lowest BCUT2D eigenvalue weighted by molar-refractivity contribution is 0.0364. The van der Waals surface area contributed by atoms with E-state index in [4.69, 9.17) is 19.9 Å². The number of amides is 1. The molecule has 3 N–H and O–H groups in total. The van der Waals surface area contributed by atoms with Crippen molar-refractivity contribution in [2.24, 2.45) is 5.73 Å². The maximum Gasteiger partial charge on any atom is 0.404 e. The zero-order valence-corrected chi connectivity index (χ0v) is 15.6. The average Bonchev–Trinajstić information content (AvgIpc) is 2.57. The molecule has 2 aromatic rings. The third kappa shape index (κ3) is 5.59. The van der Waals surface area contributed by atoms with Gasteiger partial charge >= 0.3 is 6.09 Å². The highest BCUT2D eigenvalue weighted by molar-refractivity contribution is 9.10. The van der Waals surface area contributed by atoms with E-state index in [0.717, 1.165) is 20.8 Å². The molecule has 1 unspecified atom stereocenters. The Kier molecular flexibility index (Phi) is 7.49. The van der Waals surface area contributed by atoms with Gasteiger partial charge in [0.15, 0.2) is 0 Å². The number of nitrogens with two attached hydrogens (primary N) is 1. The Balaban J connectivity index is 1.98. The van der Waals surface area contributed by atoms with E-state index in [1.807, 2.05) is 30.3 Å². The summed E-state index contributed by atoms with van der Waals surface area (Å²) >= 11 is 3.44. The predicted octanol–water partition coefficient (Wildman–Crippen LogP) is 3.36. The van der Waals surface area contributed by atoms with Gasteiger partial charge in [-0.25, -0.2) is 4.79 Å². The topological polar surface area (TPSA) is 91.0 Å². The summed E-state index contributed by atoms with van der Waals surface area (Å²) in [5, 5.41) is 11.7. The van der Waals surface area contributed by atoms with E-state index in [-0.39, 0.29) is 13.2 Å². The first-order chi connectivity index (χ1) is 12.0. The summed E-state index contributed by atoms with van der Waals surface area (Å²) in [5.74, 6) is 0.649. The molecule has 7 heteroatoms. The summed E-state index contributed by atoms with van der Waals surface area (Å²) in [7, 11) is 1.54. The van der Waals surface area contributed by atoms with Crippen LogP contribution in [-0.2, 0) is 16.1 Å². The second-order valence-corrected chi connectivity index (χ2v) is 6.49. The molecule has 6 nitrogen and oxygen atoms in total. The average molecular weight is 412 g/mol. The van der Waals surface area contributed by atoms with Gasteiger partial charge in [0.1, 0.15) is 11.9 Å². The quantitative estimate of drug-likeness (QED) is 0.617. The summed E-state index contributed by atoms with van der Waals surface area (Å²) in [4.78, 5) is 10.9. The maximum absolute atomic E-state index is 10.9. The summed E-state index contributed by atoms with van der Waals surface area (Å²) in [5.41, 5.74) is 5.80. The number of benzene rings is 2. The molecule has 0 aromatic heterocycles. The van der Waals surface area contributed by atoms with Crippen molar-refractivity contribution < 1.29 is 24.1 Å². The minimum absolute atomic E-state index is 0.106. The van der Waals surface area contributed by atoms with Gasteiger partial charge in [0, 0.05) is 17.1 Å². The number of rotatable bonds is 9. The molecule has 0 saturated heterocycles. The summed E-state index contributed by atoms with van der Waals surface area (Å²) in [6, 6.07) is 9.69. The smallest absolute Gasteiger partial charge is 0.404 e. The molecule has 0 aliphatic carbocycles. The highest BCUT2D eigenvalue weighted by Crippen LogP contribution is 2.30. The fraction of sp³-hybridized carbons (Fsp3) is 0.389. The van der Waals surface area contributed by atoms with Crippen LogP contribution in [0.2, 0.25) is 0 Å². The number of carbonyl (C=O) groups excluding carboxylic acids is 1. The van der Waals surface area contributed by atoms with E-state index in [1.165, 1.54) is 7.11 Å². The molecule has 0 spiro atoms. The number of ether oxygens (including phenoxy) is 3. The number of carbonyl (C=O) groups is 1. The highest BCUT2D eigenvalue weighted by Gasteiger charge is 2.13. The van der Waals surface area contributed by atoms with Crippen LogP contribution in [0, 0.1) is 0 Å². The number of fused-ring (bicyclic) bond motifs is 1. The number of hydrogen-bond donors (Lipinski definition) is 2. The van der Waals surface area contributed by atoms with Crippen LogP contribution in [0.3, 0.4) is 0 Å². The molecular formula is C18H22BrNO5. The van der Waals surface area contributed by atoms with Crippen molar-refractivity contribution in [2.45, 2.75) is 25.6 Å². The van der Waals surface area contributed by atoms with Crippen molar-refractivity contribution >= 4 is 32.8 Å². The molecule has 2 rings (SSSR count). The molecule has 25 heavy (non-hydrogen) atoms. The molecule has 0 aliphatic rings. The van der Waals surface area contributed by atoms with Crippen LogP contribution in [0.1, 0.15) is 18.4 Å². The number of halogens is 1. The highest BCUT2D eigenvalue weighted by atomic mass is 79.9. The molecule has 0 saturated carbocycles. The van der Waals surface area contributed by atoms with Crippen LogP contribution in [0.15, 0.2) is 34.8 Å². The number of hydrogen-bond acceptors (Lipinski definition) is 5. The first-order valence-corrected chi connectivity index (χ1v) is 8.74. The second kappa shape index (κ2) is 9.60. The van der Waals surface area contributed by atoms with E-state index in [1.54, 1.807) is 0 Å². The van der Waals surface area contributed by atoms with E-state index >= 15 is 0 Å². The van der Waals surface area contributed by atoms with Crippen molar-refractivity contribution in [3.05, 3.63) is 40.4 Å². The lowest BCUT2D eigenvalue weighted by atomic mass is 10.0. The zero-order chi connectivity index (χ0) is 18.2. The van der Waals surface area contributed by atoms with Gasteiger partial charge in [0.25, 0.3) is 0 Å². The van der Waals surface area contributed by atoms with E-state index < -0.39 is 12.2 Å². The zero-order valence-electron chi connectivity index (χ0n) is 14.0. The van der Waals surface area contributed by atoms with Gasteiger partial charge in [0.2, 0.25) is 0 Å². The number of primary amides is 1. The van der Waals surface area contributed by atoms with Crippen molar-refractivity contribution in [1.82, 2.24) is 0 Å². The molecule has 0 radical (unpaired) electrons. The van der Waals surface area contributed by atoms with E-state index in [2.05, 4.69) is 15.9 Å². The summed E-state index contributed by atoms with van der Waals surface area (Å²) in [6.45, 7) is 0.610. The molecule has 0 bridgehead atoms. The van der Waals surface area contributed by atoms with Gasteiger partial charge in [-0.3, -0.25) is 0 Å². The van der Waals surface area contributed by atoms with Crippen LogP contribution < -0.4 is 10.5 Å². The van der Waals surface area contributed by atoms with Crippen molar-refractivity contribution in [2.75, 3.05) is 20.3 Å². The fourth-order valence-electron chi connectivity index (χ4n) is 2.66. The lowest BCUT2D eigenvalue weighted by Crippen LogP contribution is -2.27. The lowest BCUT2D eigenvalue weighted by Gasteiger charge is -2.16. The Morgan fingerprint density at radius 1 is 1.32 bits per heavy atom. The van der Waals surface area contributed by atoms with Crippen LogP contribution >= 0.6 is 15.9 Å². The largest absolute Gasteiger partial charge is 0.493 e. The molecule has 0 heterocycles. The normalized spacial score (nSPS) is 12.1. The van der Waals surface area contributed by atoms with Crippen molar-refractivity contribution in [1.29, 1.82) is 0 Å². The van der Waals surface area contributed by atoms with Gasteiger partial charge in [-0.1, -0.05) is 28.1 Å². The number of aliphatic hydroxyl groups excluding tert-OH is 1. The molecule has 1 amide bonds. The maximum atomic E-state index is 10.9. The fourth-order valence-corrected chi connectivity index (χ4v) is 3.04. The third-order valence-corrected chi connectivity index (χ3v) is 4.27. The molecular weight excluding hydrogens is 390 g/mol. The predicted molar refractivity (Wildman–Crippen MR) is 98.6 cm³/mol. The van der Waals surface area contributed by atoms with Crippen LogP contribution in [0.25, 0.3) is 10.8 Å². The standard InChI is InChI=1S/C18H22BrNO5/c1-23-11-14(25-18(20)22)3-2-8-24-17-7-4-12-9-13(19)5-6-15(12)16(17)10-21/h4-7,9,14,21H,2-3,8,10-11H2,1H3,(H2,20,22). The molecule has 0 aliphatic heterocycles. The summed E-state index contributed by atoms with van der Waals surface area (Å²) < 4.78 is 16.8. The van der Waals surface area contributed by atoms with Crippen molar-refractivity contribution in [3.63, 3.8) is 0 Å². The van der Waals surface area contributed by atoms with Gasteiger partial charge in [-0.2, -0.15) is 0 Å². The van der Waals surface area contributed by atoms with Gasteiger partial charge in [0.05, 0.1) is 19.8 Å². The van der Waals surface area contributed by atoms with Crippen molar-refractivity contribution in [3.8, 4) is 5.75 Å². The SMILES string of the molecule is COCC(CCCOc1ccc2cc(Br)ccc2c1CO)OC(N)=O. The Morgan fingerprint density at radius 3 is 2.80 bits per heavy atom. The minimum atomic E-state index is -0.814. The van der Waals surface area contributed by atoms with E-state index in [0.29, 0.717) is 25.2 Å². The minimum Gasteiger partial charge on any atom is -0.493 e. The van der Waals surface area contributed by atoms with Crippen LogP contribution in [0.5, 0.6) is 5.75 Å². The first kappa shape index (κ1) is 19.5. The molecule has 0 fully saturated rings. The Bertz CT molecular complexity index is 722. The molecule has 136 valence electrons. The number of aliphatic hydroxyl groups is 1. The molecule has 1 atom stereocenters. The van der Waals surface area contributed by atoms with Gasteiger partial charge in [-0.15, -0.1) is 0 Å². The van der Waals surface area contributed by atoms with Crippen LogP contribution in [0.4, 0.5) is 4.79 Å². The Morgan fingerprint density at radius 2 is 2.12 bits per heavy atom. The third-order valence-electron chi connectivity index (χ3n) is 3.77. The first-order valence-electron chi connectivity index (χ1n) is 7.95.